The van der Waals surface area contributed by atoms with Gasteiger partial charge in [0.2, 0.25) is 11.9 Å². The minimum atomic E-state index is -0.530. The highest BCUT2D eigenvalue weighted by Gasteiger charge is 2.19. The number of nitrogens with zero attached hydrogens (tertiary/aromatic N) is 4. The molecule has 2 heterocycles. The topological polar surface area (TPSA) is 61.4 Å². The molecule has 1 aromatic heterocycles. The van der Waals surface area contributed by atoms with Crippen molar-refractivity contribution in [1.29, 1.82) is 0 Å². The lowest BCUT2D eigenvalue weighted by atomic mass is 10.2. The molecule has 1 fully saturated rings. The van der Waals surface area contributed by atoms with E-state index in [-0.39, 0.29) is 11.6 Å². The molecule has 1 aliphatic heterocycles. The minimum absolute atomic E-state index is 0.153. The van der Waals surface area contributed by atoms with Gasteiger partial charge in [-0.05, 0) is 24.3 Å². The van der Waals surface area contributed by atoms with Crippen LogP contribution in [0.15, 0.2) is 36.7 Å². The lowest BCUT2D eigenvalue weighted by Gasteiger charge is -2.34. The molecule has 6 nitrogen and oxygen atoms in total. The zero-order valence-electron chi connectivity index (χ0n) is 13.7. The third-order valence-corrected chi connectivity index (χ3v) is 4.30. The van der Waals surface area contributed by atoms with Gasteiger partial charge < -0.3 is 10.2 Å². The molecule has 0 bridgehead atoms. The molecule has 0 saturated carbocycles. The van der Waals surface area contributed by atoms with Crippen LogP contribution in [0, 0.1) is 5.82 Å². The van der Waals surface area contributed by atoms with Gasteiger partial charge in [0.05, 0.1) is 5.69 Å². The number of amides is 1. The predicted molar refractivity (Wildman–Crippen MR) is 95.3 cm³/mol. The number of anilines is 2. The summed E-state index contributed by atoms with van der Waals surface area (Å²) in [5, 5.41) is 2.88. The number of hydrogen-bond acceptors (Lipinski definition) is 5. The Labute approximate surface area is 150 Å². The fraction of sp³-hybridized carbons (Fsp3) is 0.353. The molecule has 25 heavy (non-hydrogen) atoms. The number of benzene rings is 1. The number of carbonyl (C=O) groups is 1. The van der Waals surface area contributed by atoms with Gasteiger partial charge in [-0.25, -0.2) is 14.4 Å². The van der Waals surface area contributed by atoms with E-state index in [9.17, 15) is 9.18 Å². The van der Waals surface area contributed by atoms with Crippen LogP contribution in [-0.4, -0.2) is 53.5 Å². The van der Waals surface area contributed by atoms with Crippen molar-refractivity contribution in [2.24, 2.45) is 0 Å². The number of hydrogen-bond donors (Lipinski definition) is 1. The molecule has 0 spiro atoms. The maximum Gasteiger partial charge on any atom is 0.225 e. The van der Waals surface area contributed by atoms with Crippen molar-refractivity contribution in [3.05, 3.63) is 47.5 Å². The third-order valence-electron chi connectivity index (χ3n) is 4.07. The average Bonchev–Trinajstić information content (AvgIpc) is 2.63. The standard InChI is InChI=1S/C17H19ClFN5O/c18-13-2-3-15(14(19)12-13)22-16(25)4-7-23-8-10-24(11-9-23)17-20-5-1-6-21-17/h1-3,5-6,12H,4,7-11H2,(H,22,25). The third kappa shape index (κ3) is 4.87. The molecular formula is C17H19ClFN5O. The summed E-state index contributed by atoms with van der Waals surface area (Å²) in [5.74, 6) is -0.00882. The molecule has 132 valence electrons. The predicted octanol–water partition coefficient (Wildman–Crippen LogP) is 2.42. The average molecular weight is 364 g/mol. The van der Waals surface area contributed by atoms with Crippen molar-refractivity contribution in [1.82, 2.24) is 14.9 Å². The summed E-state index contributed by atoms with van der Waals surface area (Å²) in [6.45, 7) is 3.93. The van der Waals surface area contributed by atoms with E-state index < -0.39 is 5.82 Å². The first-order valence-electron chi connectivity index (χ1n) is 8.11. The maximum absolute atomic E-state index is 13.7. The highest BCUT2D eigenvalue weighted by atomic mass is 35.5. The zero-order valence-corrected chi connectivity index (χ0v) is 14.4. The summed E-state index contributed by atoms with van der Waals surface area (Å²) in [6, 6.07) is 5.99. The van der Waals surface area contributed by atoms with Crippen molar-refractivity contribution in [2.75, 3.05) is 42.9 Å². The summed E-state index contributed by atoms with van der Waals surface area (Å²) in [7, 11) is 0. The Hall–Kier alpha value is -2.25. The minimum Gasteiger partial charge on any atom is -0.338 e. The second kappa shape index (κ2) is 8.22. The summed E-state index contributed by atoms with van der Waals surface area (Å²) in [6.07, 6.45) is 3.77. The van der Waals surface area contributed by atoms with Crippen LogP contribution in [0.25, 0.3) is 0 Å². The van der Waals surface area contributed by atoms with E-state index in [0.29, 0.717) is 18.0 Å². The SMILES string of the molecule is O=C(CCN1CCN(c2ncccn2)CC1)Nc1ccc(Cl)cc1F. The van der Waals surface area contributed by atoms with Crippen molar-refractivity contribution in [2.45, 2.75) is 6.42 Å². The number of piperazine rings is 1. The van der Waals surface area contributed by atoms with Crippen LogP contribution < -0.4 is 10.2 Å². The van der Waals surface area contributed by atoms with Gasteiger partial charge in [-0.2, -0.15) is 0 Å². The summed E-state index contributed by atoms with van der Waals surface area (Å²) in [5.41, 5.74) is 0.153. The van der Waals surface area contributed by atoms with Gasteiger partial charge in [-0.15, -0.1) is 0 Å². The van der Waals surface area contributed by atoms with Crippen molar-refractivity contribution in [3.8, 4) is 0 Å². The van der Waals surface area contributed by atoms with Gasteiger partial charge >= 0.3 is 0 Å². The van der Waals surface area contributed by atoms with Gasteiger partial charge in [0.15, 0.2) is 0 Å². The monoisotopic (exact) mass is 363 g/mol. The number of aromatic nitrogens is 2. The number of rotatable bonds is 5. The van der Waals surface area contributed by atoms with E-state index in [1.165, 1.54) is 12.1 Å². The van der Waals surface area contributed by atoms with Gasteiger partial charge in [-0.3, -0.25) is 9.69 Å². The Morgan fingerprint density at radius 2 is 1.92 bits per heavy atom. The fourth-order valence-electron chi connectivity index (χ4n) is 2.69. The first kappa shape index (κ1) is 17.6. The van der Waals surface area contributed by atoms with E-state index >= 15 is 0 Å². The quantitative estimate of drug-likeness (QED) is 0.884. The fourth-order valence-corrected chi connectivity index (χ4v) is 2.85. The van der Waals surface area contributed by atoms with E-state index in [1.807, 2.05) is 0 Å². The van der Waals surface area contributed by atoms with E-state index in [2.05, 4.69) is 25.1 Å². The van der Waals surface area contributed by atoms with Crippen LogP contribution in [0.4, 0.5) is 16.0 Å². The van der Waals surface area contributed by atoms with Gasteiger partial charge in [0.1, 0.15) is 5.82 Å². The molecule has 1 N–H and O–H groups in total. The molecule has 3 rings (SSSR count). The number of carbonyl (C=O) groups excluding carboxylic acids is 1. The van der Waals surface area contributed by atoms with Crippen LogP contribution in [0.1, 0.15) is 6.42 Å². The van der Waals surface area contributed by atoms with Gasteiger partial charge in [-0.1, -0.05) is 11.6 Å². The van der Waals surface area contributed by atoms with Crippen LogP contribution in [0.2, 0.25) is 5.02 Å². The summed E-state index contributed by atoms with van der Waals surface area (Å²) < 4.78 is 13.7. The van der Waals surface area contributed by atoms with E-state index in [0.717, 1.165) is 32.1 Å². The molecule has 0 aliphatic carbocycles. The molecule has 0 radical (unpaired) electrons. The second-order valence-corrected chi connectivity index (χ2v) is 6.24. The van der Waals surface area contributed by atoms with E-state index in [4.69, 9.17) is 11.6 Å². The molecule has 8 heteroatoms. The molecule has 1 amide bonds. The molecule has 1 aromatic carbocycles. The molecular weight excluding hydrogens is 345 g/mol. The molecule has 1 saturated heterocycles. The first-order chi connectivity index (χ1) is 12.1. The largest absolute Gasteiger partial charge is 0.338 e. The Morgan fingerprint density at radius 1 is 1.20 bits per heavy atom. The lowest BCUT2D eigenvalue weighted by molar-refractivity contribution is -0.116. The Kier molecular flexibility index (Phi) is 5.78. The highest BCUT2D eigenvalue weighted by molar-refractivity contribution is 6.30. The summed E-state index contributed by atoms with van der Waals surface area (Å²) in [4.78, 5) is 24.8. The Balaban J connectivity index is 1.43. The van der Waals surface area contributed by atoms with Crippen LogP contribution in [0.3, 0.4) is 0 Å². The van der Waals surface area contributed by atoms with Gasteiger partial charge in [0.25, 0.3) is 0 Å². The number of halogens is 2. The van der Waals surface area contributed by atoms with Crippen molar-refractivity contribution >= 4 is 29.1 Å². The van der Waals surface area contributed by atoms with Crippen molar-refractivity contribution in [3.63, 3.8) is 0 Å². The van der Waals surface area contributed by atoms with Crippen molar-refractivity contribution < 1.29 is 9.18 Å². The normalized spacial score (nSPS) is 15.2. The van der Waals surface area contributed by atoms with Crippen LogP contribution >= 0.6 is 11.6 Å². The Bertz CT molecular complexity index is 722. The maximum atomic E-state index is 13.7. The second-order valence-electron chi connectivity index (χ2n) is 5.80. The van der Waals surface area contributed by atoms with Crippen LogP contribution in [0.5, 0.6) is 0 Å². The first-order valence-corrected chi connectivity index (χ1v) is 8.49. The lowest BCUT2D eigenvalue weighted by Crippen LogP contribution is -2.47. The van der Waals surface area contributed by atoms with Crippen LogP contribution in [-0.2, 0) is 4.79 Å². The molecule has 0 atom stereocenters. The highest BCUT2D eigenvalue weighted by Crippen LogP contribution is 2.19. The molecule has 1 aliphatic rings. The number of nitrogens with one attached hydrogen (secondary N) is 1. The molecule has 0 unspecified atom stereocenters. The van der Waals surface area contributed by atoms with E-state index in [1.54, 1.807) is 24.5 Å². The smallest absolute Gasteiger partial charge is 0.225 e. The summed E-state index contributed by atoms with van der Waals surface area (Å²) >= 11 is 5.70. The molecule has 2 aromatic rings. The van der Waals surface area contributed by atoms with Gasteiger partial charge in [0, 0.05) is 56.6 Å². The Morgan fingerprint density at radius 3 is 2.60 bits per heavy atom. The zero-order chi connectivity index (χ0) is 17.6.